The van der Waals surface area contributed by atoms with Gasteiger partial charge in [0.2, 0.25) is 0 Å². The first-order chi connectivity index (χ1) is 14.7. The van der Waals surface area contributed by atoms with Gasteiger partial charge in [-0.1, -0.05) is 27.7 Å². The number of fused-ring (bicyclic) bond motifs is 7. The van der Waals surface area contributed by atoms with Crippen LogP contribution >= 0.6 is 0 Å². The quantitative estimate of drug-likeness (QED) is 0.582. The lowest BCUT2D eigenvalue weighted by molar-refractivity contribution is -0.273. The molecule has 2 saturated heterocycles. The van der Waals surface area contributed by atoms with Crippen molar-refractivity contribution in [1.82, 2.24) is 0 Å². The molecular weight excluding hydrogens is 386 g/mol. The Morgan fingerprint density at radius 1 is 0.871 bits per heavy atom. The average Bonchev–Trinajstić information content (AvgIpc) is 3.17. The predicted molar refractivity (Wildman–Crippen MR) is 121 cm³/mol. The maximum absolute atomic E-state index is 11.3. The van der Waals surface area contributed by atoms with Crippen molar-refractivity contribution in [2.24, 2.45) is 58.0 Å². The molecule has 3 N–H and O–H groups in total. The van der Waals surface area contributed by atoms with E-state index in [1.807, 2.05) is 0 Å². The first-order valence-corrected chi connectivity index (χ1v) is 13.4. The zero-order chi connectivity index (χ0) is 21.8. The number of rotatable bonds is 0. The fourth-order valence-electron chi connectivity index (χ4n) is 10.3. The molecule has 0 aromatic heterocycles. The summed E-state index contributed by atoms with van der Waals surface area (Å²) in [5, 5.41) is 11.3. The molecule has 176 valence electrons. The van der Waals surface area contributed by atoms with Gasteiger partial charge in [-0.25, -0.2) is 0 Å². The summed E-state index contributed by atoms with van der Waals surface area (Å²) >= 11 is 0. The topological polar surface area (TPSA) is 64.7 Å². The second kappa shape index (κ2) is 6.93. The summed E-state index contributed by atoms with van der Waals surface area (Å²) in [4.78, 5) is 0. The van der Waals surface area contributed by atoms with Crippen molar-refractivity contribution < 1.29 is 14.6 Å². The predicted octanol–water partition coefficient (Wildman–Crippen LogP) is 4.73. The van der Waals surface area contributed by atoms with Gasteiger partial charge in [0.15, 0.2) is 5.79 Å². The summed E-state index contributed by atoms with van der Waals surface area (Å²) in [6, 6.07) is 0.285. The number of hydrogen-bond donors (Lipinski definition) is 2. The van der Waals surface area contributed by atoms with Gasteiger partial charge in [-0.05, 0) is 97.7 Å². The van der Waals surface area contributed by atoms with Crippen molar-refractivity contribution in [3.63, 3.8) is 0 Å². The molecule has 0 aromatic carbocycles. The average molecular weight is 432 g/mol. The Kier molecular flexibility index (Phi) is 4.78. The highest BCUT2D eigenvalue weighted by Crippen LogP contribution is 2.71. The number of aliphatic hydroxyl groups is 1. The minimum absolute atomic E-state index is 0.173. The van der Waals surface area contributed by atoms with Gasteiger partial charge in [0.05, 0.1) is 18.8 Å². The van der Waals surface area contributed by atoms with Gasteiger partial charge in [-0.3, -0.25) is 0 Å². The SMILES string of the molecule is C[C@@H]1CCC2(OC1)O[C@H]1C[C@H]3[C@@H]4C[C@H](O)[C@H]5C[C@@H](N)CC[C@]5(C)[C@H]4CC[C@]3(C)[C@H]1[C@@H]2C. The van der Waals surface area contributed by atoms with E-state index < -0.39 is 0 Å². The smallest absolute Gasteiger partial charge is 0.171 e. The number of hydrogen-bond acceptors (Lipinski definition) is 4. The van der Waals surface area contributed by atoms with Gasteiger partial charge in [-0.2, -0.15) is 0 Å². The molecule has 6 fully saturated rings. The highest BCUT2D eigenvalue weighted by molar-refractivity contribution is 5.16. The van der Waals surface area contributed by atoms with E-state index in [1.165, 1.54) is 32.1 Å². The Morgan fingerprint density at radius 3 is 2.39 bits per heavy atom. The Hall–Kier alpha value is -0.160. The van der Waals surface area contributed by atoms with Crippen molar-refractivity contribution in [2.75, 3.05) is 6.61 Å². The molecular formula is C27H45NO3. The van der Waals surface area contributed by atoms with Crippen molar-refractivity contribution in [3.8, 4) is 0 Å². The first-order valence-electron chi connectivity index (χ1n) is 13.4. The maximum atomic E-state index is 11.3. The Morgan fingerprint density at radius 2 is 1.65 bits per heavy atom. The summed E-state index contributed by atoms with van der Waals surface area (Å²) in [6.45, 7) is 10.7. The van der Waals surface area contributed by atoms with Crippen LogP contribution in [0.15, 0.2) is 0 Å². The van der Waals surface area contributed by atoms with Crippen molar-refractivity contribution >= 4 is 0 Å². The van der Waals surface area contributed by atoms with E-state index in [1.54, 1.807) is 0 Å². The lowest BCUT2D eigenvalue weighted by Crippen LogP contribution is -2.59. The van der Waals surface area contributed by atoms with E-state index in [2.05, 4.69) is 27.7 Å². The molecule has 0 radical (unpaired) electrons. The molecule has 0 aromatic rings. The highest BCUT2D eigenvalue weighted by atomic mass is 16.7. The molecule has 2 heterocycles. The Bertz CT molecular complexity index is 719. The molecule has 31 heavy (non-hydrogen) atoms. The zero-order valence-corrected chi connectivity index (χ0v) is 20.2. The minimum Gasteiger partial charge on any atom is -0.393 e. The van der Waals surface area contributed by atoms with E-state index in [0.717, 1.165) is 38.2 Å². The second-order valence-electron chi connectivity index (χ2n) is 13.3. The largest absolute Gasteiger partial charge is 0.393 e. The van der Waals surface area contributed by atoms with Crippen molar-refractivity contribution in [2.45, 2.75) is 110 Å². The van der Waals surface area contributed by atoms with E-state index >= 15 is 0 Å². The number of aliphatic hydroxyl groups excluding tert-OH is 1. The van der Waals surface area contributed by atoms with Crippen LogP contribution in [-0.2, 0) is 9.47 Å². The number of nitrogens with two attached hydrogens (primary N) is 1. The Labute approximate surface area is 189 Å². The molecule has 1 unspecified atom stereocenters. The fraction of sp³-hybridized carbons (Fsp3) is 1.00. The van der Waals surface area contributed by atoms with E-state index in [0.29, 0.717) is 47.0 Å². The third-order valence-electron chi connectivity index (χ3n) is 12.0. The van der Waals surface area contributed by atoms with Gasteiger partial charge < -0.3 is 20.3 Å². The summed E-state index contributed by atoms with van der Waals surface area (Å²) in [7, 11) is 0. The van der Waals surface area contributed by atoms with Crippen molar-refractivity contribution in [1.29, 1.82) is 0 Å². The normalized spacial score (nSPS) is 63.3. The molecule has 2 aliphatic heterocycles. The molecule has 6 aliphatic rings. The van der Waals surface area contributed by atoms with Crippen LogP contribution < -0.4 is 5.73 Å². The standard InChI is InChI=1S/C27H45NO3/c1-15-5-10-27(30-14-15)16(2)24-23(31-27)13-20-18-12-22(29)21-11-17(28)6-8-25(21,3)19(18)7-9-26(20,24)4/h15-24,29H,5-14,28H2,1-4H3/t15-,16+,17+,18-,19+,20+,21-,22+,23+,24+,25-,26+,27?/m1/s1. The molecule has 13 atom stereocenters. The molecule has 6 rings (SSSR count). The lowest BCUT2D eigenvalue weighted by atomic mass is 9.43. The summed E-state index contributed by atoms with van der Waals surface area (Å²) < 4.78 is 13.3. The highest BCUT2D eigenvalue weighted by Gasteiger charge is 2.69. The van der Waals surface area contributed by atoms with Gasteiger partial charge >= 0.3 is 0 Å². The van der Waals surface area contributed by atoms with E-state index in [-0.39, 0.29) is 23.3 Å². The maximum Gasteiger partial charge on any atom is 0.171 e. The van der Waals surface area contributed by atoms with Crippen LogP contribution in [0.3, 0.4) is 0 Å². The monoisotopic (exact) mass is 431 g/mol. The second-order valence-corrected chi connectivity index (χ2v) is 13.3. The summed E-state index contributed by atoms with van der Waals surface area (Å²) in [6.07, 6.45) is 10.6. The van der Waals surface area contributed by atoms with Crippen LogP contribution in [0, 0.1) is 52.3 Å². The molecule has 1 spiro atoms. The fourth-order valence-corrected chi connectivity index (χ4v) is 10.3. The molecule has 4 heteroatoms. The Balaban J connectivity index is 1.28. The minimum atomic E-state index is -0.324. The lowest BCUT2D eigenvalue weighted by Gasteiger charge is -2.62. The van der Waals surface area contributed by atoms with E-state index in [9.17, 15) is 5.11 Å². The summed E-state index contributed by atoms with van der Waals surface area (Å²) in [5.41, 5.74) is 6.95. The zero-order valence-electron chi connectivity index (χ0n) is 20.2. The van der Waals surface area contributed by atoms with Gasteiger partial charge in [-0.15, -0.1) is 0 Å². The molecule has 0 amide bonds. The molecule has 4 aliphatic carbocycles. The molecule has 0 bridgehead atoms. The van der Waals surface area contributed by atoms with Gasteiger partial charge in [0, 0.05) is 18.4 Å². The van der Waals surface area contributed by atoms with Crippen molar-refractivity contribution in [3.05, 3.63) is 0 Å². The van der Waals surface area contributed by atoms with Crippen LogP contribution in [0.1, 0.15) is 85.5 Å². The summed E-state index contributed by atoms with van der Waals surface area (Å²) in [5.74, 6) is 3.90. The van der Waals surface area contributed by atoms with Crippen LogP contribution in [0.2, 0.25) is 0 Å². The van der Waals surface area contributed by atoms with Crippen LogP contribution in [0.5, 0.6) is 0 Å². The van der Waals surface area contributed by atoms with Crippen LogP contribution in [0.25, 0.3) is 0 Å². The van der Waals surface area contributed by atoms with Gasteiger partial charge in [0.1, 0.15) is 0 Å². The van der Waals surface area contributed by atoms with Crippen LogP contribution in [0.4, 0.5) is 0 Å². The van der Waals surface area contributed by atoms with Crippen LogP contribution in [-0.4, -0.2) is 35.8 Å². The van der Waals surface area contributed by atoms with E-state index in [4.69, 9.17) is 15.2 Å². The molecule has 4 saturated carbocycles. The van der Waals surface area contributed by atoms with Gasteiger partial charge in [0.25, 0.3) is 0 Å². The number of ether oxygens (including phenoxy) is 2. The third-order valence-corrected chi connectivity index (χ3v) is 12.0. The third kappa shape index (κ3) is 2.80. The molecule has 4 nitrogen and oxygen atoms in total. The first kappa shape index (κ1) is 21.4.